The fourth-order valence-corrected chi connectivity index (χ4v) is 1.44. The van der Waals surface area contributed by atoms with Gasteiger partial charge in [-0.05, 0) is 30.5 Å². The van der Waals surface area contributed by atoms with E-state index in [1.165, 1.54) is 6.07 Å². The molecule has 0 nitrogen and oxygen atoms in total. The van der Waals surface area contributed by atoms with Crippen molar-refractivity contribution in [3.8, 4) is 0 Å². The summed E-state index contributed by atoms with van der Waals surface area (Å²) < 4.78 is 13.2. The van der Waals surface area contributed by atoms with Crippen molar-refractivity contribution in [2.24, 2.45) is 0 Å². The molecule has 0 saturated carbocycles. The maximum absolute atomic E-state index is 13.2. The second-order valence-electron chi connectivity index (χ2n) is 3.30. The van der Waals surface area contributed by atoms with Gasteiger partial charge in [-0.25, -0.2) is 4.39 Å². The minimum absolute atomic E-state index is 0.163. The second kappa shape index (κ2) is 5.16. The Morgan fingerprint density at radius 3 is 2.71 bits per heavy atom. The maximum Gasteiger partial charge on any atom is 0.126 e. The highest BCUT2D eigenvalue weighted by atomic mass is 35.5. The molecule has 0 N–H and O–H groups in total. The smallest absolute Gasteiger partial charge is 0.126 e. The van der Waals surface area contributed by atoms with E-state index in [4.69, 9.17) is 11.6 Å². The lowest BCUT2D eigenvalue weighted by atomic mass is 10.1. The van der Waals surface area contributed by atoms with Crippen LogP contribution in [0.4, 0.5) is 4.39 Å². The van der Waals surface area contributed by atoms with E-state index in [1.807, 2.05) is 19.1 Å². The molecule has 0 bridgehead atoms. The Kier molecular flexibility index (Phi) is 4.15. The largest absolute Gasteiger partial charge is 0.207 e. The number of allylic oxidation sites excluding steroid dienone is 1. The van der Waals surface area contributed by atoms with Crippen molar-refractivity contribution < 1.29 is 4.39 Å². The van der Waals surface area contributed by atoms with Gasteiger partial charge in [0.1, 0.15) is 5.82 Å². The van der Waals surface area contributed by atoms with Crippen LogP contribution in [0.5, 0.6) is 0 Å². The van der Waals surface area contributed by atoms with E-state index >= 15 is 0 Å². The van der Waals surface area contributed by atoms with Crippen LogP contribution in [0.1, 0.15) is 24.5 Å². The number of hydrogen-bond donors (Lipinski definition) is 0. The normalized spacial score (nSPS) is 11.9. The summed E-state index contributed by atoms with van der Waals surface area (Å²) in [7, 11) is 0. The van der Waals surface area contributed by atoms with Crippen LogP contribution < -0.4 is 0 Å². The second-order valence-corrected chi connectivity index (χ2v) is 3.57. The molecule has 0 heterocycles. The van der Waals surface area contributed by atoms with Gasteiger partial charge in [-0.3, -0.25) is 0 Å². The standard InChI is InChI=1S/C12H14ClF/c1-3-10(8-13)6-11-5-4-9(2)12(14)7-11/h4-7H,3,8H2,1-2H3. The van der Waals surface area contributed by atoms with E-state index in [9.17, 15) is 4.39 Å². The van der Waals surface area contributed by atoms with Crippen LogP contribution in [-0.4, -0.2) is 5.88 Å². The Labute approximate surface area is 89.4 Å². The molecule has 1 aromatic rings. The quantitative estimate of drug-likeness (QED) is 0.660. The van der Waals surface area contributed by atoms with Crippen LogP contribution in [0.25, 0.3) is 6.08 Å². The van der Waals surface area contributed by atoms with Gasteiger partial charge in [0.05, 0.1) is 0 Å². The van der Waals surface area contributed by atoms with Crippen molar-refractivity contribution in [2.45, 2.75) is 20.3 Å². The lowest BCUT2D eigenvalue weighted by Crippen LogP contribution is -1.86. The summed E-state index contributed by atoms with van der Waals surface area (Å²) in [6.45, 7) is 3.80. The number of rotatable bonds is 3. The number of aryl methyl sites for hydroxylation is 1. The van der Waals surface area contributed by atoms with E-state index in [-0.39, 0.29) is 5.82 Å². The highest BCUT2D eigenvalue weighted by molar-refractivity contribution is 6.19. The van der Waals surface area contributed by atoms with Crippen LogP contribution in [0.15, 0.2) is 23.8 Å². The molecule has 0 aromatic heterocycles. The molecule has 2 heteroatoms. The molecule has 0 fully saturated rings. The first-order chi connectivity index (χ1) is 6.67. The molecule has 0 spiro atoms. The van der Waals surface area contributed by atoms with E-state index in [0.29, 0.717) is 11.4 Å². The van der Waals surface area contributed by atoms with Gasteiger partial charge in [0, 0.05) is 5.88 Å². The molecule has 0 saturated heterocycles. The summed E-state index contributed by atoms with van der Waals surface area (Å²) in [5.74, 6) is 0.343. The number of benzene rings is 1. The van der Waals surface area contributed by atoms with Gasteiger partial charge in [0.25, 0.3) is 0 Å². The molecule has 0 atom stereocenters. The number of halogens is 2. The minimum atomic E-state index is -0.163. The predicted octanol–water partition coefficient (Wildman–Crippen LogP) is 4.17. The third-order valence-corrected chi connectivity index (χ3v) is 2.54. The monoisotopic (exact) mass is 212 g/mol. The average molecular weight is 213 g/mol. The Balaban J connectivity index is 2.97. The Morgan fingerprint density at radius 1 is 1.50 bits per heavy atom. The fourth-order valence-electron chi connectivity index (χ4n) is 1.17. The Morgan fingerprint density at radius 2 is 2.21 bits per heavy atom. The summed E-state index contributed by atoms with van der Waals surface area (Å²) in [6.07, 6.45) is 2.84. The van der Waals surface area contributed by atoms with Crippen LogP contribution in [0.3, 0.4) is 0 Å². The summed E-state index contributed by atoms with van der Waals surface area (Å²) in [4.78, 5) is 0. The van der Waals surface area contributed by atoms with Crippen molar-refractivity contribution in [1.29, 1.82) is 0 Å². The highest BCUT2D eigenvalue weighted by Crippen LogP contribution is 2.14. The molecule has 76 valence electrons. The number of alkyl halides is 1. The molecular formula is C12H14ClF. The van der Waals surface area contributed by atoms with Crippen molar-refractivity contribution in [1.82, 2.24) is 0 Å². The fraction of sp³-hybridized carbons (Fsp3) is 0.333. The zero-order chi connectivity index (χ0) is 10.6. The topological polar surface area (TPSA) is 0 Å². The summed E-state index contributed by atoms with van der Waals surface area (Å²) in [5, 5.41) is 0. The van der Waals surface area contributed by atoms with Crippen molar-refractivity contribution in [3.05, 3.63) is 40.7 Å². The minimum Gasteiger partial charge on any atom is -0.207 e. The van der Waals surface area contributed by atoms with Crippen molar-refractivity contribution >= 4 is 17.7 Å². The van der Waals surface area contributed by atoms with Crippen LogP contribution in [-0.2, 0) is 0 Å². The molecule has 0 aliphatic carbocycles. The zero-order valence-corrected chi connectivity index (χ0v) is 9.24. The van der Waals surface area contributed by atoms with Gasteiger partial charge in [-0.1, -0.05) is 30.7 Å². The highest BCUT2D eigenvalue weighted by Gasteiger charge is 1.98. The molecular weight excluding hydrogens is 199 g/mol. The van der Waals surface area contributed by atoms with E-state index < -0.39 is 0 Å². The van der Waals surface area contributed by atoms with E-state index in [2.05, 4.69) is 0 Å². The average Bonchev–Trinajstić information content (AvgIpc) is 2.19. The maximum atomic E-state index is 13.2. The summed E-state index contributed by atoms with van der Waals surface area (Å²) in [6, 6.07) is 5.22. The predicted molar refractivity (Wildman–Crippen MR) is 60.1 cm³/mol. The Hall–Kier alpha value is -0.820. The van der Waals surface area contributed by atoms with Crippen LogP contribution in [0, 0.1) is 12.7 Å². The first kappa shape index (κ1) is 11.3. The van der Waals surface area contributed by atoms with Gasteiger partial charge in [-0.2, -0.15) is 0 Å². The molecule has 14 heavy (non-hydrogen) atoms. The van der Waals surface area contributed by atoms with Gasteiger partial charge < -0.3 is 0 Å². The SMILES string of the molecule is CCC(=Cc1ccc(C)c(F)c1)CCl. The molecule has 0 amide bonds. The van der Waals surface area contributed by atoms with Crippen LogP contribution >= 0.6 is 11.6 Å². The molecule has 0 aliphatic heterocycles. The molecule has 0 unspecified atom stereocenters. The van der Waals surface area contributed by atoms with Gasteiger partial charge >= 0.3 is 0 Å². The van der Waals surface area contributed by atoms with E-state index in [0.717, 1.165) is 17.6 Å². The number of hydrogen-bond acceptors (Lipinski definition) is 0. The van der Waals surface area contributed by atoms with E-state index in [1.54, 1.807) is 13.0 Å². The molecule has 1 rings (SSSR count). The molecule has 0 aliphatic rings. The van der Waals surface area contributed by atoms with Crippen molar-refractivity contribution in [2.75, 3.05) is 5.88 Å². The zero-order valence-electron chi connectivity index (χ0n) is 8.48. The molecule has 1 aromatic carbocycles. The lowest BCUT2D eigenvalue weighted by Gasteiger charge is -2.01. The summed E-state index contributed by atoms with van der Waals surface area (Å²) in [5.41, 5.74) is 2.67. The van der Waals surface area contributed by atoms with Crippen LogP contribution in [0.2, 0.25) is 0 Å². The lowest BCUT2D eigenvalue weighted by molar-refractivity contribution is 0.618. The first-order valence-corrected chi connectivity index (χ1v) is 5.22. The molecule has 0 radical (unpaired) electrons. The van der Waals surface area contributed by atoms with Gasteiger partial charge in [-0.15, -0.1) is 11.6 Å². The van der Waals surface area contributed by atoms with Gasteiger partial charge in [0.2, 0.25) is 0 Å². The van der Waals surface area contributed by atoms with Gasteiger partial charge in [0.15, 0.2) is 0 Å². The Bertz CT molecular complexity index is 336. The third-order valence-electron chi connectivity index (χ3n) is 2.19. The first-order valence-electron chi connectivity index (χ1n) is 4.69. The summed E-state index contributed by atoms with van der Waals surface area (Å²) >= 11 is 5.73. The van der Waals surface area contributed by atoms with Crippen molar-refractivity contribution in [3.63, 3.8) is 0 Å². The third kappa shape index (κ3) is 2.85.